The molecule has 0 saturated heterocycles. The van der Waals surface area contributed by atoms with E-state index in [0.29, 0.717) is 0 Å². The van der Waals surface area contributed by atoms with Crippen LogP contribution < -0.4 is 4.74 Å². The van der Waals surface area contributed by atoms with Crippen LogP contribution in [0.2, 0.25) is 0 Å². The van der Waals surface area contributed by atoms with E-state index in [1.165, 1.54) is 17.5 Å². The zero-order chi connectivity index (χ0) is 14.8. The van der Waals surface area contributed by atoms with E-state index in [1.54, 1.807) is 0 Å². The van der Waals surface area contributed by atoms with Crippen LogP contribution in [0.4, 0.5) is 0 Å². The summed E-state index contributed by atoms with van der Waals surface area (Å²) in [6.07, 6.45) is 9.96. The molecule has 0 spiro atoms. The Morgan fingerprint density at radius 1 is 0.857 bits per heavy atom. The molecule has 3 aromatic rings. The molecule has 2 heterocycles. The molecule has 0 saturated carbocycles. The Bertz CT molecular complexity index is 571. The molecule has 0 radical (unpaired) electrons. The predicted molar refractivity (Wildman–Crippen MR) is 87.4 cm³/mol. The van der Waals surface area contributed by atoms with Crippen LogP contribution in [-0.2, 0) is 0 Å². The third kappa shape index (κ3) is 5.22. The average molecular weight is 282 g/mol. The molecule has 0 fully saturated rings. The summed E-state index contributed by atoms with van der Waals surface area (Å²) in [6, 6.07) is 14.3. The second-order valence-corrected chi connectivity index (χ2v) is 4.71. The highest BCUT2D eigenvalue weighted by Gasteiger charge is 1.93. The van der Waals surface area contributed by atoms with Gasteiger partial charge in [-0.25, -0.2) is 0 Å². The van der Waals surface area contributed by atoms with E-state index in [4.69, 9.17) is 4.74 Å². The molecule has 0 aliphatic rings. The maximum Gasteiger partial charge on any atom is 0.136 e. The number of aromatic amines is 2. The van der Waals surface area contributed by atoms with Gasteiger partial charge in [-0.05, 0) is 29.7 Å². The summed E-state index contributed by atoms with van der Waals surface area (Å²) >= 11 is 0. The first kappa shape index (κ1) is 15.0. The molecule has 3 rings (SSSR count). The molecule has 2 aromatic heterocycles. The van der Waals surface area contributed by atoms with Crippen LogP contribution in [-0.4, -0.2) is 16.6 Å². The van der Waals surface area contributed by atoms with Gasteiger partial charge in [-0.1, -0.05) is 43.7 Å². The summed E-state index contributed by atoms with van der Waals surface area (Å²) in [5, 5.41) is 0. The summed E-state index contributed by atoms with van der Waals surface area (Å²) < 4.78 is 5.36. The maximum absolute atomic E-state index is 5.36. The molecule has 1 aromatic carbocycles. The third-order valence-corrected chi connectivity index (χ3v) is 3.04. The highest BCUT2D eigenvalue weighted by molar-refractivity contribution is 5.62. The van der Waals surface area contributed by atoms with Crippen molar-refractivity contribution in [2.24, 2.45) is 0 Å². The highest BCUT2D eigenvalue weighted by Crippen LogP contribution is 2.16. The van der Waals surface area contributed by atoms with E-state index >= 15 is 0 Å². The van der Waals surface area contributed by atoms with Crippen molar-refractivity contribution in [3.63, 3.8) is 0 Å². The van der Waals surface area contributed by atoms with Gasteiger partial charge in [0.1, 0.15) is 5.75 Å². The third-order valence-electron chi connectivity index (χ3n) is 3.04. The number of unbranched alkanes of at least 4 members (excludes halogenated alkanes) is 1. The Morgan fingerprint density at radius 3 is 2.24 bits per heavy atom. The van der Waals surface area contributed by atoms with Crippen molar-refractivity contribution in [2.75, 3.05) is 6.61 Å². The van der Waals surface area contributed by atoms with Crippen molar-refractivity contribution < 1.29 is 4.74 Å². The van der Waals surface area contributed by atoms with Crippen molar-refractivity contribution in [1.29, 1.82) is 0 Å². The van der Waals surface area contributed by atoms with E-state index in [9.17, 15) is 0 Å². The maximum atomic E-state index is 5.36. The van der Waals surface area contributed by atoms with E-state index < -0.39 is 0 Å². The molecule has 2 N–H and O–H groups in total. The molecule has 110 valence electrons. The minimum atomic E-state index is 0.828. The molecule has 0 aliphatic heterocycles. The summed E-state index contributed by atoms with van der Waals surface area (Å²) in [6.45, 7) is 2.98. The minimum absolute atomic E-state index is 0.828. The van der Waals surface area contributed by atoms with Gasteiger partial charge < -0.3 is 14.7 Å². The fourth-order valence-electron chi connectivity index (χ4n) is 1.87. The van der Waals surface area contributed by atoms with Gasteiger partial charge in [-0.3, -0.25) is 0 Å². The fraction of sp³-hybridized carbons (Fsp3) is 0.222. The largest absolute Gasteiger partial charge is 0.492 e. The van der Waals surface area contributed by atoms with Crippen LogP contribution in [0, 0.1) is 0 Å². The van der Waals surface area contributed by atoms with Crippen LogP contribution in [0.1, 0.15) is 19.8 Å². The molecule has 0 aliphatic carbocycles. The average Bonchev–Trinajstić information content (AvgIpc) is 3.23. The van der Waals surface area contributed by atoms with Gasteiger partial charge in [0.05, 0.1) is 6.61 Å². The van der Waals surface area contributed by atoms with Gasteiger partial charge in [0, 0.05) is 24.8 Å². The summed E-state index contributed by atoms with van der Waals surface area (Å²) in [7, 11) is 0. The standard InChI is InChI=1S/C10H9N.C8H13NO/c1-2-4-9(5-3-1)10-6-7-11-8-10;1-2-3-6-10-8-4-5-9-7-8/h1-8,11H;4-5,7,9H,2-3,6H2,1H3. The first-order valence-corrected chi connectivity index (χ1v) is 7.34. The fourth-order valence-corrected chi connectivity index (χ4v) is 1.87. The number of ether oxygens (including phenoxy) is 1. The van der Waals surface area contributed by atoms with Crippen molar-refractivity contribution in [2.45, 2.75) is 19.8 Å². The van der Waals surface area contributed by atoms with Crippen LogP contribution in [0.15, 0.2) is 67.3 Å². The zero-order valence-corrected chi connectivity index (χ0v) is 12.4. The Kier molecular flexibility index (Phi) is 6.20. The smallest absolute Gasteiger partial charge is 0.136 e. The van der Waals surface area contributed by atoms with Crippen molar-refractivity contribution >= 4 is 0 Å². The van der Waals surface area contributed by atoms with E-state index in [-0.39, 0.29) is 0 Å². The molecule has 0 bridgehead atoms. The van der Waals surface area contributed by atoms with Crippen LogP contribution in [0.3, 0.4) is 0 Å². The first-order valence-electron chi connectivity index (χ1n) is 7.34. The second-order valence-electron chi connectivity index (χ2n) is 4.71. The monoisotopic (exact) mass is 282 g/mol. The van der Waals surface area contributed by atoms with E-state index in [2.05, 4.69) is 35.1 Å². The van der Waals surface area contributed by atoms with Gasteiger partial charge in [0.25, 0.3) is 0 Å². The Balaban J connectivity index is 0.000000155. The molecule has 0 unspecified atom stereocenters. The lowest BCUT2D eigenvalue weighted by Crippen LogP contribution is -1.94. The predicted octanol–water partition coefficient (Wildman–Crippen LogP) is 4.88. The number of nitrogens with one attached hydrogen (secondary N) is 2. The lowest BCUT2D eigenvalue weighted by molar-refractivity contribution is 0.310. The Morgan fingerprint density at radius 2 is 1.62 bits per heavy atom. The normalized spacial score (nSPS) is 9.76. The van der Waals surface area contributed by atoms with Crippen molar-refractivity contribution in [1.82, 2.24) is 9.97 Å². The van der Waals surface area contributed by atoms with Crippen LogP contribution in [0.25, 0.3) is 11.1 Å². The summed E-state index contributed by atoms with van der Waals surface area (Å²) in [5.41, 5.74) is 2.50. The number of rotatable bonds is 5. The molecule has 0 amide bonds. The first-order chi connectivity index (χ1) is 10.4. The van der Waals surface area contributed by atoms with Crippen molar-refractivity contribution in [3.05, 3.63) is 67.3 Å². The topological polar surface area (TPSA) is 40.8 Å². The zero-order valence-electron chi connectivity index (χ0n) is 12.4. The van der Waals surface area contributed by atoms with Crippen LogP contribution in [0.5, 0.6) is 5.75 Å². The van der Waals surface area contributed by atoms with E-state index in [0.717, 1.165) is 18.8 Å². The lowest BCUT2D eigenvalue weighted by atomic mass is 10.1. The van der Waals surface area contributed by atoms with Gasteiger partial charge >= 0.3 is 0 Å². The lowest BCUT2D eigenvalue weighted by Gasteiger charge is -1.99. The summed E-state index contributed by atoms with van der Waals surface area (Å²) in [5.74, 6) is 0.938. The van der Waals surface area contributed by atoms with E-state index in [1.807, 2.05) is 49.1 Å². The molecule has 3 nitrogen and oxygen atoms in total. The molecular formula is C18H22N2O. The van der Waals surface area contributed by atoms with Crippen molar-refractivity contribution in [3.8, 4) is 16.9 Å². The number of H-pyrrole nitrogens is 2. The van der Waals surface area contributed by atoms with Gasteiger partial charge in [-0.15, -0.1) is 0 Å². The molecule has 21 heavy (non-hydrogen) atoms. The number of hydrogen-bond acceptors (Lipinski definition) is 1. The number of hydrogen-bond donors (Lipinski definition) is 2. The second kappa shape index (κ2) is 8.69. The van der Waals surface area contributed by atoms with Gasteiger partial charge in [-0.2, -0.15) is 0 Å². The SMILES string of the molecule is CCCCOc1cc[nH]c1.c1ccc(-c2cc[nH]c2)cc1. The molecule has 0 atom stereocenters. The van der Waals surface area contributed by atoms with Gasteiger partial charge in [0.15, 0.2) is 0 Å². The number of benzene rings is 1. The van der Waals surface area contributed by atoms with Crippen LogP contribution >= 0.6 is 0 Å². The Hall–Kier alpha value is -2.42. The molecular weight excluding hydrogens is 260 g/mol. The minimum Gasteiger partial charge on any atom is -0.492 e. The quantitative estimate of drug-likeness (QED) is 0.644. The molecule has 3 heteroatoms. The summed E-state index contributed by atoms with van der Waals surface area (Å²) in [4.78, 5) is 5.96. The van der Waals surface area contributed by atoms with Gasteiger partial charge in [0.2, 0.25) is 0 Å². The Labute approximate surface area is 126 Å². The number of aromatic nitrogens is 2. The highest BCUT2D eigenvalue weighted by atomic mass is 16.5.